The monoisotopic (exact) mass is 407 g/mol. The number of nitrogens with one attached hydrogen (secondary N) is 2. The molecule has 3 aromatic rings. The van der Waals surface area contributed by atoms with Gasteiger partial charge in [-0.3, -0.25) is 24.5 Å². The number of H-pyrrole nitrogens is 1. The number of rotatable bonds is 3. The van der Waals surface area contributed by atoms with Gasteiger partial charge in [0.15, 0.2) is 0 Å². The Morgan fingerprint density at radius 1 is 1.20 bits per heavy atom. The predicted molar refractivity (Wildman–Crippen MR) is 108 cm³/mol. The summed E-state index contributed by atoms with van der Waals surface area (Å²) in [5, 5.41) is 9.34. The summed E-state index contributed by atoms with van der Waals surface area (Å²) in [6.07, 6.45) is 5.89. The fourth-order valence-electron chi connectivity index (χ4n) is 3.67. The lowest BCUT2D eigenvalue weighted by atomic mass is 9.92. The van der Waals surface area contributed by atoms with E-state index >= 15 is 0 Å². The topological polar surface area (TPSA) is 147 Å². The predicted octanol–water partition coefficient (Wildman–Crippen LogP) is 1.39. The second-order valence-electron chi connectivity index (χ2n) is 7.48. The van der Waals surface area contributed by atoms with Gasteiger partial charge in [-0.25, -0.2) is 4.98 Å². The molecular weight excluding hydrogens is 386 g/mol. The van der Waals surface area contributed by atoms with Crippen LogP contribution in [0, 0.1) is 5.92 Å². The zero-order chi connectivity index (χ0) is 21.3. The molecule has 1 unspecified atom stereocenters. The van der Waals surface area contributed by atoms with Crippen LogP contribution in [0.5, 0.6) is 0 Å². The van der Waals surface area contributed by atoms with Gasteiger partial charge in [0.1, 0.15) is 5.52 Å². The van der Waals surface area contributed by atoms with Gasteiger partial charge in [-0.15, -0.1) is 0 Å². The minimum atomic E-state index is -0.804. The molecule has 10 nitrogen and oxygen atoms in total. The van der Waals surface area contributed by atoms with Gasteiger partial charge in [0.05, 0.1) is 40.9 Å². The molecule has 1 aliphatic heterocycles. The van der Waals surface area contributed by atoms with E-state index < -0.39 is 17.7 Å². The van der Waals surface area contributed by atoms with Crippen LogP contribution >= 0.6 is 0 Å². The van der Waals surface area contributed by atoms with Crippen LogP contribution in [0.2, 0.25) is 0 Å². The van der Waals surface area contributed by atoms with E-state index in [0.29, 0.717) is 24.2 Å². The van der Waals surface area contributed by atoms with E-state index in [9.17, 15) is 14.4 Å². The van der Waals surface area contributed by atoms with E-state index in [4.69, 9.17) is 5.73 Å². The molecule has 4 N–H and O–H groups in total. The van der Waals surface area contributed by atoms with E-state index in [1.54, 1.807) is 11.1 Å². The van der Waals surface area contributed by atoms with E-state index in [1.807, 2.05) is 19.1 Å². The number of hydrogen-bond donors (Lipinski definition) is 3. The number of nitrogens with zero attached hydrogens (tertiary/aromatic N) is 4. The van der Waals surface area contributed by atoms with Crippen LogP contribution in [-0.4, -0.2) is 49.3 Å². The van der Waals surface area contributed by atoms with Gasteiger partial charge in [-0.05, 0) is 37.0 Å². The van der Waals surface area contributed by atoms with Gasteiger partial charge in [-0.2, -0.15) is 5.10 Å². The fraction of sp³-hybridized carbons (Fsp3) is 0.300. The van der Waals surface area contributed by atoms with E-state index in [0.717, 1.165) is 11.9 Å². The number of carbonyl (C=O) groups is 3. The highest BCUT2D eigenvalue weighted by atomic mass is 16.2. The van der Waals surface area contributed by atoms with Crippen molar-refractivity contribution in [2.45, 2.75) is 25.8 Å². The van der Waals surface area contributed by atoms with Crippen LogP contribution in [-0.2, 0) is 9.59 Å². The first-order valence-electron chi connectivity index (χ1n) is 9.59. The molecule has 1 fully saturated rings. The van der Waals surface area contributed by atoms with Crippen molar-refractivity contribution in [2.24, 2.45) is 11.7 Å². The molecule has 3 aromatic heterocycles. The van der Waals surface area contributed by atoms with E-state index in [1.165, 1.54) is 18.5 Å². The van der Waals surface area contributed by atoms with Gasteiger partial charge in [0, 0.05) is 12.7 Å². The minimum Gasteiger partial charge on any atom is -0.366 e. The summed E-state index contributed by atoms with van der Waals surface area (Å²) in [7, 11) is 0. The molecule has 10 heteroatoms. The summed E-state index contributed by atoms with van der Waals surface area (Å²) < 4.78 is 0. The van der Waals surface area contributed by atoms with Gasteiger partial charge < -0.3 is 16.0 Å². The largest absolute Gasteiger partial charge is 0.366 e. The van der Waals surface area contributed by atoms with Crippen molar-refractivity contribution in [3.63, 3.8) is 0 Å². The van der Waals surface area contributed by atoms with Crippen molar-refractivity contribution >= 4 is 34.4 Å². The van der Waals surface area contributed by atoms with Gasteiger partial charge in [0.2, 0.25) is 5.91 Å². The summed E-state index contributed by atoms with van der Waals surface area (Å²) >= 11 is 0. The van der Waals surface area contributed by atoms with Crippen LogP contribution in [0.25, 0.3) is 11.0 Å². The second kappa shape index (κ2) is 7.90. The second-order valence-corrected chi connectivity index (χ2v) is 7.48. The number of nitrogens with two attached hydrogens (primary N) is 1. The molecule has 0 bridgehead atoms. The SMILES string of the molecule is C[C@H]1CCC(c2ccc3[nH]ncc3n2)N(C(=O)C(=O)Nc2cncc(C(N)=O)c2)C1. The zero-order valence-electron chi connectivity index (χ0n) is 16.3. The van der Waals surface area contributed by atoms with Gasteiger partial charge >= 0.3 is 11.8 Å². The minimum absolute atomic E-state index is 0.141. The van der Waals surface area contributed by atoms with Crippen LogP contribution in [0.4, 0.5) is 5.69 Å². The van der Waals surface area contributed by atoms with Crippen molar-refractivity contribution in [3.05, 3.63) is 48.0 Å². The molecule has 30 heavy (non-hydrogen) atoms. The maximum absolute atomic E-state index is 13.0. The standard InChI is InChI=1S/C20H21N7O3/c1-11-2-5-17(15-4-3-14-16(25-15)9-23-26-14)27(10-11)20(30)19(29)24-13-6-12(18(21)28)7-22-8-13/h3-4,6-9,11,17H,2,5,10H2,1H3,(H2,21,28)(H,23,26)(H,24,29)/t11-,17?/m0/s1. The van der Waals surface area contributed by atoms with Crippen molar-refractivity contribution in [3.8, 4) is 0 Å². The van der Waals surface area contributed by atoms with Crippen LogP contribution in [0.15, 0.2) is 36.8 Å². The maximum Gasteiger partial charge on any atom is 0.313 e. The average Bonchev–Trinajstić information content (AvgIpc) is 3.21. The molecule has 0 saturated carbocycles. The molecule has 0 spiro atoms. The smallest absolute Gasteiger partial charge is 0.313 e. The molecule has 4 heterocycles. The quantitative estimate of drug-likeness (QED) is 0.559. The third kappa shape index (κ3) is 3.84. The molecule has 0 radical (unpaired) electrons. The average molecular weight is 407 g/mol. The molecule has 0 aromatic carbocycles. The number of aromatic nitrogens is 4. The number of anilines is 1. The summed E-state index contributed by atoms with van der Waals surface area (Å²) in [6, 6.07) is 4.78. The van der Waals surface area contributed by atoms with Gasteiger partial charge in [-0.1, -0.05) is 6.92 Å². The number of fused-ring (bicyclic) bond motifs is 1. The maximum atomic E-state index is 13.0. The third-order valence-electron chi connectivity index (χ3n) is 5.21. The first-order valence-corrected chi connectivity index (χ1v) is 9.59. The number of pyridine rings is 2. The number of primary amides is 1. The molecular formula is C20H21N7O3. The third-order valence-corrected chi connectivity index (χ3v) is 5.21. The normalized spacial score (nSPS) is 18.9. The number of aromatic amines is 1. The van der Waals surface area contributed by atoms with E-state index in [-0.39, 0.29) is 23.2 Å². The Kier molecular flexibility index (Phi) is 5.13. The number of carbonyl (C=O) groups excluding carboxylic acids is 3. The van der Waals surface area contributed by atoms with Crippen LogP contribution < -0.4 is 11.1 Å². The molecule has 154 valence electrons. The Labute approximate surface area is 171 Å². The molecule has 1 saturated heterocycles. The lowest BCUT2D eigenvalue weighted by molar-refractivity contribution is -0.146. The van der Waals surface area contributed by atoms with E-state index in [2.05, 4.69) is 25.5 Å². The van der Waals surface area contributed by atoms with Crippen molar-refractivity contribution in [1.82, 2.24) is 25.1 Å². The Bertz CT molecular complexity index is 1130. The molecule has 4 rings (SSSR count). The molecule has 2 atom stereocenters. The number of hydrogen-bond acceptors (Lipinski definition) is 6. The Morgan fingerprint density at radius 2 is 2.03 bits per heavy atom. The summed E-state index contributed by atoms with van der Waals surface area (Å²) in [6.45, 7) is 2.49. The highest BCUT2D eigenvalue weighted by Crippen LogP contribution is 2.33. The first kappa shape index (κ1) is 19.5. The highest BCUT2D eigenvalue weighted by molar-refractivity contribution is 6.39. The van der Waals surface area contributed by atoms with Crippen molar-refractivity contribution in [1.29, 1.82) is 0 Å². The summed E-state index contributed by atoms with van der Waals surface area (Å²) in [5.74, 6) is -1.88. The number of piperidine rings is 1. The lowest BCUT2D eigenvalue weighted by Gasteiger charge is -2.37. The highest BCUT2D eigenvalue weighted by Gasteiger charge is 2.35. The summed E-state index contributed by atoms with van der Waals surface area (Å²) in [5.41, 5.74) is 7.84. The Morgan fingerprint density at radius 3 is 2.83 bits per heavy atom. The number of likely N-dealkylation sites (tertiary alicyclic amines) is 1. The molecule has 3 amide bonds. The van der Waals surface area contributed by atoms with Gasteiger partial charge in [0.25, 0.3) is 0 Å². The van der Waals surface area contributed by atoms with Crippen molar-refractivity contribution in [2.75, 3.05) is 11.9 Å². The zero-order valence-corrected chi connectivity index (χ0v) is 16.3. The summed E-state index contributed by atoms with van der Waals surface area (Å²) in [4.78, 5) is 47.0. The molecule has 0 aliphatic carbocycles. The van der Waals surface area contributed by atoms with Crippen LogP contribution in [0.1, 0.15) is 41.9 Å². The fourth-order valence-corrected chi connectivity index (χ4v) is 3.67. The number of amides is 3. The molecule has 1 aliphatic rings. The first-order chi connectivity index (χ1) is 14.4. The van der Waals surface area contributed by atoms with Crippen LogP contribution in [0.3, 0.4) is 0 Å². The Hall–Kier alpha value is -3.82. The Balaban J connectivity index is 1.56. The lowest BCUT2D eigenvalue weighted by Crippen LogP contribution is -2.46. The van der Waals surface area contributed by atoms with Crippen molar-refractivity contribution < 1.29 is 14.4 Å².